The number of hydrogen-bond donors (Lipinski definition) is 1. The van der Waals surface area contributed by atoms with Crippen molar-refractivity contribution in [3.8, 4) is 0 Å². The molecule has 0 aromatic carbocycles. The van der Waals surface area contributed by atoms with Crippen LogP contribution in [0.4, 0.5) is 16.2 Å². The Morgan fingerprint density at radius 2 is 1.94 bits per heavy atom. The van der Waals surface area contributed by atoms with Crippen LogP contribution in [0.15, 0.2) is 41.7 Å². The van der Waals surface area contributed by atoms with Gasteiger partial charge in [-0.25, -0.2) is 27.7 Å². The Kier molecular flexibility index (Phi) is 6.07. The van der Waals surface area contributed by atoms with Gasteiger partial charge in [0.2, 0.25) is 0 Å². The van der Waals surface area contributed by atoms with Crippen LogP contribution in [-0.2, 0) is 14.6 Å². The molecule has 34 heavy (non-hydrogen) atoms. The summed E-state index contributed by atoms with van der Waals surface area (Å²) in [6.45, 7) is 8.29. The quantitative estimate of drug-likeness (QED) is 0.597. The first-order valence-corrected chi connectivity index (χ1v) is 12.8. The smallest absolute Gasteiger partial charge is 0.410 e. The van der Waals surface area contributed by atoms with E-state index in [0.29, 0.717) is 42.2 Å². The summed E-state index contributed by atoms with van der Waals surface area (Å²) in [7, 11) is -3.38. The molecule has 180 valence electrons. The third kappa shape index (κ3) is 5.04. The number of amides is 1. The average molecular weight is 485 g/mol. The number of rotatable bonds is 4. The molecule has 10 nitrogen and oxygen atoms in total. The minimum atomic E-state index is -3.38. The number of nitrogens with one attached hydrogen (secondary N) is 1. The van der Waals surface area contributed by atoms with Gasteiger partial charge in [-0.05, 0) is 57.9 Å². The minimum absolute atomic E-state index is 0.0307. The Morgan fingerprint density at radius 1 is 1.18 bits per heavy atom. The van der Waals surface area contributed by atoms with E-state index in [1.54, 1.807) is 40.9 Å². The molecule has 4 heterocycles. The molecule has 3 aromatic rings. The van der Waals surface area contributed by atoms with Crippen molar-refractivity contribution in [3.63, 3.8) is 0 Å². The first kappa shape index (κ1) is 23.7. The zero-order valence-electron chi connectivity index (χ0n) is 19.9. The second-order valence-electron chi connectivity index (χ2n) is 9.21. The molecule has 1 aliphatic heterocycles. The number of aromatic nitrogens is 4. The van der Waals surface area contributed by atoms with Gasteiger partial charge in [-0.2, -0.15) is 5.10 Å². The third-order valence-corrected chi connectivity index (χ3v) is 6.29. The van der Waals surface area contributed by atoms with Crippen molar-refractivity contribution in [1.82, 2.24) is 24.5 Å². The molecule has 1 aliphatic rings. The lowest BCUT2D eigenvalue weighted by atomic mass is 10.1. The summed E-state index contributed by atoms with van der Waals surface area (Å²) in [6.07, 6.45) is 6.90. The second-order valence-corrected chi connectivity index (χ2v) is 11.2. The van der Waals surface area contributed by atoms with Gasteiger partial charge in [0.15, 0.2) is 20.5 Å². The van der Waals surface area contributed by atoms with Crippen molar-refractivity contribution >= 4 is 38.5 Å². The number of pyridine rings is 1. The van der Waals surface area contributed by atoms with Crippen LogP contribution in [0.5, 0.6) is 0 Å². The number of fused-ring (bicyclic) bond motifs is 1. The van der Waals surface area contributed by atoms with Gasteiger partial charge in [0, 0.05) is 19.3 Å². The normalized spacial score (nSPS) is 14.7. The van der Waals surface area contributed by atoms with E-state index in [4.69, 9.17) is 4.74 Å². The maximum Gasteiger partial charge on any atom is 0.410 e. The fourth-order valence-corrected chi connectivity index (χ4v) is 4.25. The zero-order chi connectivity index (χ0) is 24.7. The number of carbonyl (C=O) groups excluding carboxylic acids is 1. The van der Waals surface area contributed by atoms with E-state index in [9.17, 15) is 13.2 Å². The van der Waals surface area contributed by atoms with E-state index in [2.05, 4.69) is 20.4 Å². The molecule has 4 rings (SSSR count). The van der Waals surface area contributed by atoms with Crippen LogP contribution < -0.4 is 5.32 Å². The number of hydrogen-bond acceptors (Lipinski definition) is 8. The van der Waals surface area contributed by atoms with Crippen LogP contribution in [0.1, 0.15) is 38.6 Å². The van der Waals surface area contributed by atoms with Crippen LogP contribution in [0.25, 0.3) is 11.2 Å². The first-order chi connectivity index (χ1) is 15.9. The monoisotopic (exact) mass is 484 g/mol. The van der Waals surface area contributed by atoms with Crippen LogP contribution in [0.2, 0.25) is 0 Å². The molecule has 0 unspecified atom stereocenters. The van der Waals surface area contributed by atoms with Crippen LogP contribution >= 0.6 is 0 Å². The van der Waals surface area contributed by atoms with E-state index in [0.717, 1.165) is 17.5 Å². The standard InChI is InChI=1S/C23H28N6O4S/c1-15-17(6-7-20(26-15)34(5,31)32)27-18-8-11-25-29-19(14-24-21(18)29)16-9-12-28(13-10-16)22(30)33-23(2,3)4/h6-9,11,14,27H,10,12-13H2,1-5H3. The highest BCUT2D eigenvalue weighted by molar-refractivity contribution is 7.90. The number of imidazole rings is 1. The molecule has 11 heteroatoms. The second kappa shape index (κ2) is 8.71. The Hall–Kier alpha value is -3.47. The van der Waals surface area contributed by atoms with E-state index >= 15 is 0 Å². The van der Waals surface area contributed by atoms with Crippen molar-refractivity contribution < 1.29 is 17.9 Å². The summed E-state index contributed by atoms with van der Waals surface area (Å²) < 4.78 is 30.7. The maximum atomic E-state index is 12.3. The van der Waals surface area contributed by atoms with Crippen LogP contribution in [0, 0.1) is 6.92 Å². The topological polar surface area (TPSA) is 119 Å². The number of anilines is 2. The molecule has 0 fully saturated rings. The Labute approximate surface area is 198 Å². The summed E-state index contributed by atoms with van der Waals surface area (Å²) in [6, 6.07) is 4.97. The lowest BCUT2D eigenvalue weighted by molar-refractivity contribution is 0.0270. The molecule has 0 saturated heterocycles. The molecule has 0 saturated carbocycles. The Bertz CT molecular complexity index is 1390. The van der Waals surface area contributed by atoms with E-state index < -0.39 is 15.4 Å². The lowest BCUT2D eigenvalue weighted by Crippen LogP contribution is -2.39. The number of carbonyl (C=O) groups is 1. The highest BCUT2D eigenvalue weighted by atomic mass is 32.2. The SMILES string of the molecule is Cc1nc(S(C)(=O)=O)ccc1Nc1ccnn2c(C3=CCN(C(=O)OC(C)(C)C)CC3)cnc12. The molecular weight excluding hydrogens is 456 g/mol. The fraction of sp³-hybridized carbons (Fsp3) is 0.391. The van der Waals surface area contributed by atoms with E-state index in [1.807, 2.05) is 26.8 Å². The molecular formula is C23H28N6O4S. The highest BCUT2D eigenvalue weighted by Gasteiger charge is 2.25. The molecule has 0 atom stereocenters. The van der Waals surface area contributed by atoms with Crippen molar-refractivity contribution in [3.05, 3.63) is 48.1 Å². The number of ether oxygens (including phenoxy) is 1. The third-order valence-electron chi connectivity index (χ3n) is 5.30. The summed E-state index contributed by atoms with van der Waals surface area (Å²) in [5, 5.41) is 7.78. The summed E-state index contributed by atoms with van der Waals surface area (Å²) in [4.78, 5) is 22.8. The van der Waals surface area contributed by atoms with Gasteiger partial charge in [0.1, 0.15) is 5.60 Å². The van der Waals surface area contributed by atoms with Crippen molar-refractivity contribution in [2.75, 3.05) is 24.7 Å². The molecule has 1 amide bonds. The number of nitrogens with zero attached hydrogens (tertiary/aromatic N) is 5. The summed E-state index contributed by atoms with van der Waals surface area (Å²) >= 11 is 0. The van der Waals surface area contributed by atoms with E-state index in [1.165, 1.54) is 6.07 Å². The minimum Gasteiger partial charge on any atom is -0.444 e. The summed E-state index contributed by atoms with van der Waals surface area (Å²) in [5.41, 5.74) is 3.94. The van der Waals surface area contributed by atoms with Crippen LogP contribution in [-0.4, -0.2) is 63.9 Å². The van der Waals surface area contributed by atoms with Gasteiger partial charge < -0.3 is 15.0 Å². The van der Waals surface area contributed by atoms with Gasteiger partial charge in [-0.1, -0.05) is 6.08 Å². The van der Waals surface area contributed by atoms with E-state index in [-0.39, 0.29) is 11.1 Å². The zero-order valence-corrected chi connectivity index (χ0v) is 20.7. The average Bonchev–Trinajstić information content (AvgIpc) is 3.18. The molecule has 1 N–H and O–H groups in total. The van der Waals surface area contributed by atoms with Crippen molar-refractivity contribution in [2.24, 2.45) is 0 Å². The predicted molar refractivity (Wildman–Crippen MR) is 129 cm³/mol. The van der Waals surface area contributed by atoms with Crippen LogP contribution in [0.3, 0.4) is 0 Å². The molecule has 0 radical (unpaired) electrons. The van der Waals surface area contributed by atoms with Gasteiger partial charge in [-0.3, -0.25) is 0 Å². The lowest BCUT2D eigenvalue weighted by Gasteiger charge is -2.29. The molecule has 0 spiro atoms. The highest BCUT2D eigenvalue weighted by Crippen LogP contribution is 2.28. The Balaban J connectivity index is 1.57. The summed E-state index contributed by atoms with van der Waals surface area (Å²) in [5.74, 6) is 0. The maximum absolute atomic E-state index is 12.3. The molecule has 0 aliphatic carbocycles. The predicted octanol–water partition coefficient (Wildman–Crippen LogP) is 3.60. The first-order valence-electron chi connectivity index (χ1n) is 10.9. The van der Waals surface area contributed by atoms with Crippen molar-refractivity contribution in [1.29, 1.82) is 0 Å². The van der Waals surface area contributed by atoms with Crippen molar-refractivity contribution in [2.45, 2.75) is 44.7 Å². The van der Waals surface area contributed by atoms with Gasteiger partial charge in [0.25, 0.3) is 0 Å². The number of aryl methyl sites for hydroxylation is 1. The van der Waals surface area contributed by atoms with Gasteiger partial charge in [-0.15, -0.1) is 0 Å². The fourth-order valence-electron chi connectivity index (χ4n) is 3.63. The molecule has 0 bridgehead atoms. The van der Waals surface area contributed by atoms with Gasteiger partial charge >= 0.3 is 6.09 Å². The largest absolute Gasteiger partial charge is 0.444 e. The molecule has 3 aromatic heterocycles. The van der Waals surface area contributed by atoms with Gasteiger partial charge in [0.05, 0.1) is 35.2 Å². The Morgan fingerprint density at radius 3 is 2.56 bits per heavy atom. The number of sulfone groups is 1.